The fourth-order valence-electron chi connectivity index (χ4n) is 2.28. The maximum absolute atomic E-state index is 5.70. The van der Waals surface area contributed by atoms with Crippen LogP contribution >= 0.6 is 24.0 Å². The predicted molar refractivity (Wildman–Crippen MR) is 116 cm³/mol. The molecule has 0 heterocycles. The maximum atomic E-state index is 5.70. The summed E-state index contributed by atoms with van der Waals surface area (Å²) in [5.41, 5.74) is 0. The molecule has 0 spiro atoms. The van der Waals surface area contributed by atoms with E-state index in [1.807, 2.05) is 24.3 Å². The van der Waals surface area contributed by atoms with Gasteiger partial charge < -0.3 is 24.8 Å². The van der Waals surface area contributed by atoms with Gasteiger partial charge in [0.05, 0.1) is 13.7 Å². The molecule has 1 aliphatic rings. The van der Waals surface area contributed by atoms with E-state index in [2.05, 4.69) is 15.6 Å². The van der Waals surface area contributed by atoms with Crippen molar-refractivity contribution in [2.24, 2.45) is 10.9 Å². The first-order valence-corrected chi connectivity index (χ1v) is 9.11. The monoisotopic (exact) mass is 477 g/mol. The molecule has 0 unspecified atom stereocenters. The molecular weight excluding hydrogens is 445 g/mol. The third-order valence-electron chi connectivity index (χ3n) is 3.97. The minimum atomic E-state index is 0. The van der Waals surface area contributed by atoms with E-state index < -0.39 is 0 Å². The van der Waals surface area contributed by atoms with E-state index in [1.54, 1.807) is 14.2 Å². The summed E-state index contributed by atoms with van der Waals surface area (Å²) in [4.78, 5) is 4.22. The van der Waals surface area contributed by atoms with Gasteiger partial charge >= 0.3 is 0 Å². The molecule has 0 saturated heterocycles. The number of methoxy groups -OCH3 is 1. The quantitative estimate of drug-likeness (QED) is 0.210. The number of nitrogens with zero attached hydrogens (tertiary/aromatic N) is 1. The molecule has 0 bridgehead atoms. The average molecular weight is 477 g/mol. The van der Waals surface area contributed by atoms with E-state index in [0.717, 1.165) is 62.5 Å². The van der Waals surface area contributed by atoms with Crippen LogP contribution in [0.5, 0.6) is 11.5 Å². The SMILES string of the molecule is CN=C(NCCCOCC1CC1)NCCCOc1ccc(OC)cc1.I. The van der Waals surface area contributed by atoms with Crippen LogP contribution in [0.3, 0.4) is 0 Å². The first kappa shape index (κ1) is 22.8. The highest BCUT2D eigenvalue weighted by Crippen LogP contribution is 2.28. The lowest BCUT2D eigenvalue weighted by atomic mass is 10.3. The molecule has 2 rings (SSSR count). The fourth-order valence-corrected chi connectivity index (χ4v) is 2.28. The van der Waals surface area contributed by atoms with Crippen molar-refractivity contribution in [2.45, 2.75) is 25.7 Å². The molecule has 1 aromatic carbocycles. The van der Waals surface area contributed by atoms with E-state index in [4.69, 9.17) is 14.2 Å². The van der Waals surface area contributed by atoms with Crippen LogP contribution in [-0.2, 0) is 4.74 Å². The Labute approximate surface area is 174 Å². The van der Waals surface area contributed by atoms with Crippen molar-refractivity contribution < 1.29 is 14.2 Å². The number of benzene rings is 1. The summed E-state index contributed by atoms with van der Waals surface area (Å²) in [6.45, 7) is 4.09. The Balaban J connectivity index is 0.00000338. The van der Waals surface area contributed by atoms with Gasteiger partial charge in [-0.15, -0.1) is 24.0 Å². The minimum Gasteiger partial charge on any atom is -0.497 e. The molecule has 148 valence electrons. The molecule has 0 radical (unpaired) electrons. The Morgan fingerprint density at radius 1 is 1.04 bits per heavy atom. The number of nitrogens with one attached hydrogen (secondary N) is 2. The van der Waals surface area contributed by atoms with Crippen LogP contribution in [0, 0.1) is 5.92 Å². The van der Waals surface area contributed by atoms with Crippen LogP contribution in [0.4, 0.5) is 0 Å². The molecule has 1 saturated carbocycles. The topological polar surface area (TPSA) is 64.1 Å². The third kappa shape index (κ3) is 10.1. The molecule has 6 nitrogen and oxygen atoms in total. The van der Waals surface area contributed by atoms with Crippen LogP contribution in [0.2, 0.25) is 0 Å². The summed E-state index contributed by atoms with van der Waals surface area (Å²) in [7, 11) is 3.44. The van der Waals surface area contributed by atoms with E-state index >= 15 is 0 Å². The fraction of sp³-hybridized carbons (Fsp3) is 0.632. The van der Waals surface area contributed by atoms with E-state index in [0.29, 0.717) is 6.61 Å². The second-order valence-corrected chi connectivity index (χ2v) is 6.18. The molecule has 0 amide bonds. The molecule has 7 heteroatoms. The number of hydrogen-bond donors (Lipinski definition) is 2. The van der Waals surface area contributed by atoms with E-state index in [-0.39, 0.29) is 24.0 Å². The van der Waals surface area contributed by atoms with Gasteiger partial charge in [-0.25, -0.2) is 0 Å². The molecule has 0 aromatic heterocycles. The van der Waals surface area contributed by atoms with Gasteiger partial charge in [0.1, 0.15) is 11.5 Å². The first-order chi connectivity index (χ1) is 12.3. The number of rotatable bonds is 12. The summed E-state index contributed by atoms with van der Waals surface area (Å²) in [5.74, 6) is 3.35. The number of aliphatic imine (C=N–C) groups is 1. The summed E-state index contributed by atoms with van der Waals surface area (Å²) in [6.07, 6.45) is 4.58. The molecular formula is C19H32IN3O3. The van der Waals surface area contributed by atoms with Crippen LogP contribution < -0.4 is 20.1 Å². The molecule has 1 aliphatic carbocycles. The van der Waals surface area contributed by atoms with Crippen LogP contribution in [0.1, 0.15) is 25.7 Å². The molecule has 0 aliphatic heterocycles. The van der Waals surface area contributed by atoms with Gasteiger partial charge in [0.15, 0.2) is 5.96 Å². The standard InChI is InChI=1S/C19H31N3O3.HI/c1-20-19(21-11-3-13-24-15-16-5-6-16)22-12-4-14-25-18-9-7-17(23-2)8-10-18;/h7-10,16H,3-6,11-15H2,1-2H3,(H2,20,21,22);1H. The smallest absolute Gasteiger partial charge is 0.190 e. The zero-order valence-electron chi connectivity index (χ0n) is 15.8. The zero-order chi connectivity index (χ0) is 17.7. The molecule has 0 atom stereocenters. The average Bonchev–Trinajstić information content (AvgIpc) is 3.47. The van der Waals surface area contributed by atoms with Crippen LogP contribution in [0.15, 0.2) is 29.3 Å². The number of ether oxygens (including phenoxy) is 3. The van der Waals surface area contributed by atoms with Crippen LogP contribution in [0.25, 0.3) is 0 Å². The van der Waals surface area contributed by atoms with Crippen molar-refractivity contribution in [1.29, 1.82) is 0 Å². The van der Waals surface area contributed by atoms with Gasteiger partial charge in [-0.3, -0.25) is 4.99 Å². The summed E-state index contributed by atoms with van der Waals surface area (Å²) in [6, 6.07) is 7.62. The summed E-state index contributed by atoms with van der Waals surface area (Å²) in [5, 5.41) is 6.59. The Morgan fingerprint density at radius 3 is 2.23 bits per heavy atom. The van der Waals surface area contributed by atoms with Gasteiger partial charge in [-0.2, -0.15) is 0 Å². The van der Waals surface area contributed by atoms with E-state index in [9.17, 15) is 0 Å². The van der Waals surface area contributed by atoms with Gasteiger partial charge in [0, 0.05) is 33.4 Å². The number of guanidine groups is 1. The number of hydrogen-bond acceptors (Lipinski definition) is 4. The van der Waals surface area contributed by atoms with Crippen molar-refractivity contribution in [3.63, 3.8) is 0 Å². The third-order valence-corrected chi connectivity index (χ3v) is 3.97. The second kappa shape index (κ2) is 13.9. The number of halogens is 1. The lowest BCUT2D eigenvalue weighted by molar-refractivity contribution is 0.123. The second-order valence-electron chi connectivity index (χ2n) is 6.18. The lowest BCUT2D eigenvalue weighted by Gasteiger charge is -2.12. The first-order valence-electron chi connectivity index (χ1n) is 9.11. The van der Waals surface area contributed by atoms with Gasteiger partial charge in [-0.05, 0) is 55.9 Å². The Morgan fingerprint density at radius 2 is 1.65 bits per heavy atom. The zero-order valence-corrected chi connectivity index (χ0v) is 18.2. The highest BCUT2D eigenvalue weighted by Gasteiger charge is 2.20. The summed E-state index contributed by atoms with van der Waals surface area (Å²) >= 11 is 0. The van der Waals surface area contributed by atoms with E-state index in [1.165, 1.54) is 12.8 Å². The maximum Gasteiger partial charge on any atom is 0.190 e. The molecule has 26 heavy (non-hydrogen) atoms. The molecule has 1 fully saturated rings. The van der Waals surface area contributed by atoms with Gasteiger partial charge in [0.25, 0.3) is 0 Å². The highest BCUT2D eigenvalue weighted by atomic mass is 127. The van der Waals surface area contributed by atoms with Crippen molar-refractivity contribution in [1.82, 2.24) is 10.6 Å². The predicted octanol–water partition coefficient (Wildman–Crippen LogP) is 3.06. The van der Waals surface area contributed by atoms with Crippen molar-refractivity contribution in [2.75, 3.05) is 47.1 Å². The summed E-state index contributed by atoms with van der Waals surface area (Å²) < 4.78 is 16.4. The minimum absolute atomic E-state index is 0. The normalized spacial score (nSPS) is 13.7. The highest BCUT2D eigenvalue weighted by molar-refractivity contribution is 14.0. The van der Waals surface area contributed by atoms with Crippen LogP contribution in [-0.4, -0.2) is 53.0 Å². The Bertz CT molecular complexity index is 507. The molecule has 2 N–H and O–H groups in total. The van der Waals surface area contributed by atoms with Crippen molar-refractivity contribution in [3.05, 3.63) is 24.3 Å². The van der Waals surface area contributed by atoms with Gasteiger partial charge in [-0.1, -0.05) is 0 Å². The van der Waals surface area contributed by atoms with Gasteiger partial charge in [0.2, 0.25) is 0 Å². The Hall–Kier alpha value is -1.22. The lowest BCUT2D eigenvalue weighted by Crippen LogP contribution is -2.38. The van der Waals surface area contributed by atoms with Crippen molar-refractivity contribution in [3.8, 4) is 11.5 Å². The molecule has 1 aromatic rings. The Kier molecular flexibility index (Phi) is 12.2. The largest absolute Gasteiger partial charge is 0.497 e. The van der Waals surface area contributed by atoms with Crippen molar-refractivity contribution >= 4 is 29.9 Å².